The zero-order valence-electron chi connectivity index (χ0n) is 12.7. The number of hydrogen-bond donors (Lipinski definition) is 2. The van der Waals surface area contributed by atoms with Crippen molar-refractivity contribution in [1.29, 1.82) is 0 Å². The van der Waals surface area contributed by atoms with Crippen LogP contribution in [-0.4, -0.2) is 37.7 Å². The van der Waals surface area contributed by atoms with E-state index in [9.17, 15) is 0 Å². The molecular formula is C16H27N3O. The third-order valence-corrected chi connectivity index (χ3v) is 3.81. The van der Waals surface area contributed by atoms with Gasteiger partial charge in [-0.3, -0.25) is 0 Å². The van der Waals surface area contributed by atoms with E-state index >= 15 is 0 Å². The van der Waals surface area contributed by atoms with Crippen LogP contribution in [0.4, 0.5) is 11.4 Å². The van der Waals surface area contributed by atoms with Crippen LogP contribution in [-0.2, 0) is 0 Å². The van der Waals surface area contributed by atoms with E-state index < -0.39 is 0 Å². The van der Waals surface area contributed by atoms with Gasteiger partial charge in [0.05, 0.1) is 6.61 Å². The van der Waals surface area contributed by atoms with Gasteiger partial charge >= 0.3 is 0 Å². The first-order valence-electron chi connectivity index (χ1n) is 7.70. The molecule has 4 nitrogen and oxygen atoms in total. The average Bonchev–Trinajstić information content (AvgIpc) is 2.90. The van der Waals surface area contributed by atoms with E-state index in [-0.39, 0.29) is 0 Å². The maximum absolute atomic E-state index is 5.93. The largest absolute Gasteiger partial charge is 0.493 e. The number of anilines is 2. The van der Waals surface area contributed by atoms with Crippen molar-refractivity contribution in [2.75, 3.05) is 43.8 Å². The first kappa shape index (κ1) is 15.0. The van der Waals surface area contributed by atoms with Crippen LogP contribution in [0.25, 0.3) is 0 Å². The van der Waals surface area contributed by atoms with Crippen LogP contribution in [0.1, 0.15) is 26.7 Å². The highest BCUT2D eigenvalue weighted by atomic mass is 16.5. The Labute approximate surface area is 122 Å². The molecule has 0 aromatic heterocycles. The van der Waals surface area contributed by atoms with Crippen molar-refractivity contribution in [1.82, 2.24) is 4.90 Å². The molecule has 2 rings (SSSR count). The lowest BCUT2D eigenvalue weighted by Gasteiger charge is -2.15. The van der Waals surface area contributed by atoms with Gasteiger partial charge in [0, 0.05) is 36.6 Å². The molecule has 4 heteroatoms. The van der Waals surface area contributed by atoms with E-state index in [4.69, 9.17) is 10.5 Å². The van der Waals surface area contributed by atoms with Gasteiger partial charge in [0.1, 0.15) is 5.75 Å². The summed E-state index contributed by atoms with van der Waals surface area (Å²) in [6, 6.07) is 5.90. The molecule has 0 radical (unpaired) electrons. The molecule has 1 aliphatic heterocycles. The van der Waals surface area contributed by atoms with Gasteiger partial charge in [0.2, 0.25) is 0 Å². The second-order valence-electron chi connectivity index (χ2n) is 5.57. The second-order valence-corrected chi connectivity index (χ2v) is 5.57. The Morgan fingerprint density at radius 2 is 2.20 bits per heavy atom. The fourth-order valence-corrected chi connectivity index (χ4v) is 2.66. The predicted molar refractivity (Wildman–Crippen MR) is 85.4 cm³/mol. The van der Waals surface area contributed by atoms with E-state index in [0.717, 1.165) is 49.2 Å². The fourth-order valence-electron chi connectivity index (χ4n) is 2.66. The fraction of sp³-hybridized carbons (Fsp3) is 0.625. The Bertz CT molecular complexity index is 422. The molecule has 1 aliphatic rings. The van der Waals surface area contributed by atoms with Crippen LogP contribution in [0.3, 0.4) is 0 Å². The molecule has 1 saturated heterocycles. The minimum atomic E-state index is 0.733. The third-order valence-electron chi connectivity index (χ3n) is 3.81. The summed E-state index contributed by atoms with van der Waals surface area (Å²) in [5.74, 6) is 1.59. The molecule has 0 amide bonds. The van der Waals surface area contributed by atoms with Gasteiger partial charge in [0.15, 0.2) is 0 Å². The smallest absolute Gasteiger partial charge is 0.123 e. The summed E-state index contributed by atoms with van der Waals surface area (Å²) < 4.78 is 5.65. The number of hydrogen-bond acceptors (Lipinski definition) is 4. The molecule has 0 saturated carbocycles. The number of ether oxygens (including phenoxy) is 1. The van der Waals surface area contributed by atoms with Gasteiger partial charge < -0.3 is 20.7 Å². The first-order chi connectivity index (χ1) is 9.71. The lowest BCUT2D eigenvalue weighted by atomic mass is 10.1. The van der Waals surface area contributed by atoms with Crippen LogP contribution >= 0.6 is 0 Å². The van der Waals surface area contributed by atoms with E-state index in [1.165, 1.54) is 19.5 Å². The second kappa shape index (κ2) is 7.39. The lowest BCUT2D eigenvalue weighted by molar-refractivity contribution is 0.318. The van der Waals surface area contributed by atoms with Gasteiger partial charge in [-0.1, -0.05) is 13.8 Å². The molecule has 0 spiro atoms. The van der Waals surface area contributed by atoms with Gasteiger partial charge in [0.25, 0.3) is 0 Å². The summed E-state index contributed by atoms with van der Waals surface area (Å²) in [6.07, 6.45) is 2.29. The number of nitrogens with one attached hydrogen (secondary N) is 1. The summed E-state index contributed by atoms with van der Waals surface area (Å²) in [5.41, 5.74) is 7.74. The summed E-state index contributed by atoms with van der Waals surface area (Å²) in [7, 11) is 0. The molecule has 1 unspecified atom stereocenters. The van der Waals surface area contributed by atoms with E-state index in [2.05, 4.69) is 24.1 Å². The van der Waals surface area contributed by atoms with Crippen molar-refractivity contribution in [2.45, 2.75) is 26.7 Å². The zero-order chi connectivity index (χ0) is 14.4. The Balaban J connectivity index is 1.87. The van der Waals surface area contributed by atoms with Crippen LogP contribution < -0.4 is 15.8 Å². The Kier molecular flexibility index (Phi) is 5.53. The van der Waals surface area contributed by atoms with Crippen molar-refractivity contribution in [2.24, 2.45) is 5.92 Å². The maximum atomic E-state index is 5.93. The van der Waals surface area contributed by atoms with Crippen molar-refractivity contribution in [3.05, 3.63) is 18.2 Å². The molecule has 20 heavy (non-hydrogen) atoms. The minimum Gasteiger partial charge on any atom is -0.493 e. The molecular weight excluding hydrogens is 250 g/mol. The van der Waals surface area contributed by atoms with Gasteiger partial charge in [-0.15, -0.1) is 0 Å². The van der Waals surface area contributed by atoms with Gasteiger partial charge in [-0.05, 0) is 37.9 Å². The molecule has 1 aromatic carbocycles. The Morgan fingerprint density at radius 1 is 1.35 bits per heavy atom. The van der Waals surface area contributed by atoms with Crippen molar-refractivity contribution in [3.8, 4) is 5.75 Å². The molecule has 0 bridgehead atoms. The molecule has 112 valence electrons. The highest BCUT2D eigenvalue weighted by Crippen LogP contribution is 2.24. The summed E-state index contributed by atoms with van der Waals surface area (Å²) >= 11 is 0. The zero-order valence-corrected chi connectivity index (χ0v) is 12.7. The van der Waals surface area contributed by atoms with Crippen LogP contribution in [0.15, 0.2) is 18.2 Å². The van der Waals surface area contributed by atoms with Crippen LogP contribution in [0.5, 0.6) is 5.75 Å². The molecule has 3 N–H and O–H groups in total. The first-order valence-corrected chi connectivity index (χ1v) is 7.70. The standard InChI is InChI=1S/C16H27N3O/c1-3-7-20-16-9-14(17)8-15(10-16)18-11-13-5-6-19(4-2)12-13/h8-10,13,18H,3-7,11-12,17H2,1-2H3. The third kappa shape index (κ3) is 4.30. The highest BCUT2D eigenvalue weighted by molar-refractivity contribution is 5.59. The Hall–Kier alpha value is -1.42. The number of nitrogen functional groups attached to an aromatic ring is 1. The number of nitrogens with two attached hydrogens (primary N) is 1. The molecule has 0 aliphatic carbocycles. The molecule has 1 atom stereocenters. The monoisotopic (exact) mass is 277 g/mol. The van der Waals surface area contributed by atoms with Gasteiger partial charge in [-0.2, -0.15) is 0 Å². The number of benzene rings is 1. The van der Waals surface area contributed by atoms with Crippen LogP contribution in [0.2, 0.25) is 0 Å². The quantitative estimate of drug-likeness (QED) is 0.753. The normalized spacial score (nSPS) is 19.2. The molecule has 1 aromatic rings. The summed E-state index contributed by atoms with van der Waals surface area (Å²) in [4.78, 5) is 2.50. The average molecular weight is 277 g/mol. The number of nitrogens with zero attached hydrogens (tertiary/aromatic N) is 1. The Morgan fingerprint density at radius 3 is 2.90 bits per heavy atom. The maximum Gasteiger partial charge on any atom is 0.123 e. The van der Waals surface area contributed by atoms with E-state index in [0.29, 0.717) is 0 Å². The SMILES string of the molecule is CCCOc1cc(N)cc(NCC2CCN(CC)C2)c1. The van der Waals surface area contributed by atoms with E-state index in [1.807, 2.05) is 18.2 Å². The minimum absolute atomic E-state index is 0.733. The van der Waals surface area contributed by atoms with Crippen molar-refractivity contribution < 1.29 is 4.74 Å². The number of likely N-dealkylation sites (tertiary alicyclic amines) is 1. The summed E-state index contributed by atoms with van der Waals surface area (Å²) in [5, 5.41) is 3.50. The topological polar surface area (TPSA) is 50.5 Å². The van der Waals surface area contributed by atoms with Crippen LogP contribution in [0, 0.1) is 5.92 Å². The summed E-state index contributed by atoms with van der Waals surface area (Å²) in [6.45, 7) is 9.65. The van der Waals surface area contributed by atoms with Gasteiger partial charge in [-0.25, -0.2) is 0 Å². The van der Waals surface area contributed by atoms with E-state index in [1.54, 1.807) is 0 Å². The number of rotatable bonds is 7. The highest BCUT2D eigenvalue weighted by Gasteiger charge is 2.20. The van der Waals surface area contributed by atoms with Crippen molar-refractivity contribution >= 4 is 11.4 Å². The molecule has 1 heterocycles. The molecule has 1 fully saturated rings. The lowest BCUT2D eigenvalue weighted by Crippen LogP contribution is -2.22. The van der Waals surface area contributed by atoms with Crippen molar-refractivity contribution in [3.63, 3.8) is 0 Å². The predicted octanol–water partition coefficient (Wildman–Crippen LogP) is 2.81.